The SMILES string of the molecule is CS(=O)(=O)N1CCc2c(c(-c3ccc(Cl)c(CCc4ccc(CNCc5ccc(Cl)cc5)cc4)c3)nn2CCCN2CCN(c3ccccc3)CC2)C1. The molecule has 1 aromatic heterocycles. The molecular formula is C42H48Cl2N6O2S. The van der Waals surface area contributed by atoms with E-state index in [0.717, 1.165) is 110 Å². The normalized spacial score (nSPS) is 15.5. The van der Waals surface area contributed by atoms with Gasteiger partial charge in [-0.2, -0.15) is 9.40 Å². The minimum atomic E-state index is -3.34. The van der Waals surface area contributed by atoms with Gasteiger partial charge in [0.1, 0.15) is 0 Å². The molecule has 1 fully saturated rings. The Morgan fingerprint density at radius 2 is 1.43 bits per heavy atom. The first-order chi connectivity index (χ1) is 25.7. The fourth-order valence-corrected chi connectivity index (χ4v) is 8.57. The summed E-state index contributed by atoms with van der Waals surface area (Å²) in [5.74, 6) is 0. The Hall–Kier alpha value is -3.70. The summed E-state index contributed by atoms with van der Waals surface area (Å²) in [4.78, 5) is 5.00. The van der Waals surface area contributed by atoms with Crippen molar-refractivity contribution in [3.8, 4) is 11.3 Å². The average molecular weight is 772 g/mol. The van der Waals surface area contributed by atoms with Gasteiger partial charge in [0, 0.05) is 104 Å². The van der Waals surface area contributed by atoms with E-state index in [-0.39, 0.29) is 0 Å². The van der Waals surface area contributed by atoms with Crippen LogP contribution in [0.5, 0.6) is 0 Å². The van der Waals surface area contributed by atoms with Crippen LogP contribution in [0.3, 0.4) is 0 Å². The second-order valence-electron chi connectivity index (χ2n) is 14.2. The van der Waals surface area contributed by atoms with Gasteiger partial charge in [-0.3, -0.25) is 9.58 Å². The van der Waals surface area contributed by atoms with Crippen molar-refractivity contribution in [1.82, 2.24) is 24.3 Å². The molecule has 0 spiro atoms. The maximum absolute atomic E-state index is 12.6. The molecule has 1 N–H and O–H groups in total. The highest BCUT2D eigenvalue weighted by Crippen LogP contribution is 2.33. The molecule has 8 nitrogen and oxygen atoms in total. The fraction of sp³-hybridized carbons (Fsp3) is 0.357. The van der Waals surface area contributed by atoms with Crippen LogP contribution in [-0.2, 0) is 55.5 Å². The van der Waals surface area contributed by atoms with Gasteiger partial charge >= 0.3 is 0 Å². The van der Waals surface area contributed by atoms with E-state index in [9.17, 15) is 8.42 Å². The van der Waals surface area contributed by atoms with E-state index in [2.05, 4.69) is 80.5 Å². The van der Waals surface area contributed by atoms with Crippen LogP contribution in [-0.4, -0.2) is 72.9 Å². The number of hydrogen-bond donors (Lipinski definition) is 1. The van der Waals surface area contributed by atoms with Gasteiger partial charge in [-0.25, -0.2) is 8.42 Å². The Balaban J connectivity index is 0.994. The molecule has 0 aliphatic carbocycles. The fourth-order valence-electron chi connectivity index (χ4n) is 7.45. The van der Waals surface area contributed by atoms with E-state index in [1.165, 1.54) is 28.6 Å². The Morgan fingerprint density at radius 3 is 2.13 bits per heavy atom. The van der Waals surface area contributed by atoms with E-state index in [0.29, 0.717) is 19.5 Å². The van der Waals surface area contributed by atoms with Crippen LogP contribution < -0.4 is 10.2 Å². The molecule has 11 heteroatoms. The lowest BCUT2D eigenvalue weighted by Crippen LogP contribution is -2.46. The molecule has 4 aromatic carbocycles. The van der Waals surface area contributed by atoms with Gasteiger partial charge in [-0.1, -0.05) is 83.9 Å². The Kier molecular flexibility index (Phi) is 12.2. The van der Waals surface area contributed by atoms with Crippen LogP contribution in [0.1, 0.15) is 39.9 Å². The number of para-hydroxylation sites is 1. The van der Waals surface area contributed by atoms with E-state index in [1.54, 1.807) is 4.31 Å². The van der Waals surface area contributed by atoms with E-state index in [4.69, 9.17) is 28.3 Å². The third kappa shape index (κ3) is 9.70. The average Bonchev–Trinajstić information content (AvgIpc) is 3.54. The predicted octanol–water partition coefficient (Wildman–Crippen LogP) is 7.46. The lowest BCUT2D eigenvalue weighted by atomic mass is 9.98. The van der Waals surface area contributed by atoms with Gasteiger partial charge in [0.05, 0.1) is 11.9 Å². The minimum absolute atomic E-state index is 0.337. The largest absolute Gasteiger partial charge is 0.369 e. The first-order valence-electron chi connectivity index (χ1n) is 18.6. The molecule has 1 saturated heterocycles. The van der Waals surface area contributed by atoms with Crippen molar-refractivity contribution in [2.24, 2.45) is 0 Å². The number of fused-ring (bicyclic) bond motifs is 1. The topological polar surface area (TPSA) is 73.7 Å². The van der Waals surface area contributed by atoms with Crippen molar-refractivity contribution in [3.05, 3.63) is 141 Å². The van der Waals surface area contributed by atoms with Gasteiger partial charge < -0.3 is 10.2 Å². The monoisotopic (exact) mass is 770 g/mol. The minimum Gasteiger partial charge on any atom is -0.369 e. The third-order valence-electron chi connectivity index (χ3n) is 10.5. The summed E-state index contributed by atoms with van der Waals surface area (Å²) in [5.41, 5.74) is 10.0. The van der Waals surface area contributed by atoms with Crippen molar-refractivity contribution in [1.29, 1.82) is 0 Å². The summed E-state index contributed by atoms with van der Waals surface area (Å²) < 4.78 is 29.0. The van der Waals surface area contributed by atoms with Crippen LogP contribution in [0, 0.1) is 0 Å². The number of sulfonamides is 1. The van der Waals surface area contributed by atoms with Crippen molar-refractivity contribution in [3.63, 3.8) is 0 Å². The zero-order valence-corrected chi connectivity index (χ0v) is 32.7. The van der Waals surface area contributed by atoms with Crippen LogP contribution in [0.2, 0.25) is 10.0 Å². The number of anilines is 1. The van der Waals surface area contributed by atoms with E-state index in [1.807, 2.05) is 36.4 Å². The molecule has 0 atom stereocenters. The summed E-state index contributed by atoms with van der Waals surface area (Å²) in [6, 6.07) is 33.4. The summed E-state index contributed by atoms with van der Waals surface area (Å²) in [6.45, 7) is 8.33. The molecule has 0 bridgehead atoms. The molecule has 278 valence electrons. The second-order valence-corrected chi connectivity index (χ2v) is 17.0. The van der Waals surface area contributed by atoms with E-state index >= 15 is 0 Å². The molecule has 0 saturated carbocycles. The predicted molar refractivity (Wildman–Crippen MR) is 217 cm³/mol. The van der Waals surface area contributed by atoms with Crippen molar-refractivity contribution >= 4 is 38.9 Å². The highest BCUT2D eigenvalue weighted by molar-refractivity contribution is 7.88. The molecule has 0 unspecified atom stereocenters. The maximum atomic E-state index is 12.6. The lowest BCUT2D eigenvalue weighted by molar-refractivity contribution is 0.248. The molecule has 2 aliphatic rings. The first-order valence-corrected chi connectivity index (χ1v) is 21.2. The number of aryl methyl sites for hydroxylation is 3. The summed E-state index contributed by atoms with van der Waals surface area (Å²) in [5, 5.41) is 10.2. The number of benzene rings is 4. The van der Waals surface area contributed by atoms with Gasteiger partial charge in [0.2, 0.25) is 10.0 Å². The Bertz CT molecular complexity index is 2080. The molecule has 0 radical (unpaired) electrons. The zero-order chi connectivity index (χ0) is 36.8. The summed E-state index contributed by atoms with van der Waals surface area (Å²) in [7, 11) is -3.34. The van der Waals surface area contributed by atoms with Gasteiger partial charge in [-0.05, 0) is 77.9 Å². The zero-order valence-electron chi connectivity index (χ0n) is 30.4. The number of piperazine rings is 1. The smallest absolute Gasteiger partial charge is 0.211 e. The van der Waals surface area contributed by atoms with Crippen LogP contribution in [0.15, 0.2) is 97.1 Å². The number of nitrogens with zero attached hydrogens (tertiary/aromatic N) is 5. The highest BCUT2D eigenvalue weighted by atomic mass is 35.5. The Labute approximate surface area is 324 Å². The van der Waals surface area contributed by atoms with Gasteiger partial charge in [0.25, 0.3) is 0 Å². The number of aromatic nitrogens is 2. The summed E-state index contributed by atoms with van der Waals surface area (Å²) >= 11 is 12.8. The second kappa shape index (κ2) is 17.2. The van der Waals surface area contributed by atoms with Crippen molar-refractivity contribution in [2.75, 3.05) is 50.4 Å². The summed E-state index contributed by atoms with van der Waals surface area (Å²) in [6.07, 6.45) is 4.58. The molecular weight excluding hydrogens is 723 g/mol. The molecule has 53 heavy (non-hydrogen) atoms. The number of halogens is 2. The molecule has 0 amide bonds. The highest BCUT2D eigenvalue weighted by Gasteiger charge is 2.30. The van der Waals surface area contributed by atoms with Gasteiger partial charge in [-0.15, -0.1) is 0 Å². The van der Waals surface area contributed by atoms with Crippen molar-refractivity contribution < 1.29 is 8.42 Å². The molecule has 7 rings (SSSR count). The molecule has 2 aliphatic heterocycles. The molecule has 3 heterocycles. The maximum Gasteiger partial charge on any atom is 0.211 e. The standard InChI is InChI=1S/C42H48Cl2N6O2S/c1-53(51,52)49-23-20-41-39(31-49)42(46-50(41)22-5-21-47-24-26-48(27-25-47)38-6-3-2-4-7-38)36-16-19-40(44)35(28-36)15-12-32-8-10-33(11-9-32)29-45-30-34-13-17-37(43)18-14-34/h2-4,6-11,13-14,16-19,28,45H,5,12,15,20-27,29-31H2,1H3. The number of hydrogen-bond acceptors (Lipinski definition) is 6. The van der Waals surface area contributed by atoms with Crippen LogP contribution in [0.25, 0.3) is 11.3 Å². The first kappa shape index (κ1) is 37.6. The number of nitrogens with one attached hydrogen (secondary N) is 1. The van der Waals surface area contributed by atoms with E-state index < -0.39 is 10.0 Å². The van der Waals surface area contributed by atoms with Crippen LogP contribution in [0.4, 0.5) is 5.69 Å². The quantitative estimate of drug-likeness (QED) is 0.127. The van der Waals surface area contributed by atoms with Crippen molar-refractivity contribution in [2.45, 2.75) is 51.9 Å². The molecule has 5 aromatic rings. The third-order valence-corrected chi connectivity index (χ3v) is 12.4. The Morgan fingerprint density at radius 1 is 0.755 bits per heavy atom. The lowest BCUT2D eigenvalue weighted by Gasteiger charge is -2.36. The number of rotatable bonds is 14. The van der Waals surface area contributed by atoms with Crippen LogP contribution >= 0.6 is 23.2 Å². The van der Waals surface area contributed by atoms with Gasteiger partial charge in [0.15, 0.2) is 0 Å².